The van der Waals surface area contributed by atoms with Crippen molar-refractivity contribution in [3.8, 4) is 0 Å². The lowest BCUT2D eigenvalue weighted by atomic mass is 10.0. The number of rotatable bonds is 55. The van der Waals surface area contributed by atoms with Gasteiger partial charge in [0.05, 0.1) is 0 Å². The van der Waals surface area contributed by atoms with Crippen LogP contribution in [-0.4, -0.2) is 37.2 Å². The number of carbonyl (C=O) groups excluding carboxylic acids is 3. The van der Waals surface area contributed by atoms with Crippen molar-refractivity contribution in [2.24, 2.45) is 0 Å². The molecule has 0 aliphatic carbocycles. The van der Waals surface area contributed by atoms with Crippen LogP contribution in [0.25, 0.3) is 0 Å². The molecule has 0 radical (unpaired) electrons. The maximum absolute atomic E-state index is 12.9. The summed E-state index contributed by atoms with van der Waals surface area (Å²) >= 11 is 0. The van der Waals surface area contributed by atoms with E-state index in [4.69, 9.17) is 14.2 Å². The number of hydrogen-bond acceptors (Lipinski definition) is 6. The molecule has 1 atom stereocenters. The van der Waals surface area contributed by atoms with E-state index in [1.165, 1.54) is 173 Å². The second-order valence-corrected chi connectivity index (χ2v) is 20.3. The number of esters is 3. The number of ether oxygens (including phenoxy) is 3. The van der Waals surface area contributed by atoms with E-state index in [1.54, 1.807) is 0 Å². The fourth-order valence-corrected chi connectivity index (χ4v) is 8.74. The van der Waals surface area contributed by atoms with Crippen molar-refractivity contribution < 1.29 is 28.6 Å². The minimum absolute atomic E-state index is 0.0803. The molecule has 0 fully saturated rings. The van der Waals surface area contributed by atoms with Gasteiger partial charge in [-0.2, -0.15) is 0 Å². The lowest BCUT2D eigenvalue weighted by Gasteiger charge is -2.18. The number of unbranched alkanes of at least 4 members (excludes halogenated alkanes) is 36. The Kier molecular flexibility index (Phi) is 55.7. The molecule has 6 nitrogen and oxygen atoms in total. The van der Waals surface area contributed by atoms with Crippen LogP contribution in [0.15, 0.2) is 48.6 Å². The van der Waals surface area contributed by atoms with E-state index in [-0.39, 0.29) is 31.1 Å². The maximum atomic E-state index is 12.9. The predicted molar refractivity (Wildman–Crippen MR) is 298 cm³/mol. The van der Waals surface area contributed by atoms with Crippen molar-refractivity contribution in [2.45, 2.75) is 322 Å². The van der Waals surface area contributed by atoms with Crippen LogP contribution >= 0.6 is 0 Å². The average Bonchev–Trinajstić information content (AvgIpc) is 3.35. The molecular formula is C63H114O6. The number of hydrogen-bond donors (Lipinski definition) is 0. The third kappa shape index (κ3) is 56.2. The van der Waals surface area contributed by atoms with Crippen molar-refractivity contribution >= 4 is 17.9 Å². The van der Waals surface area contributed by atoms with Gasteiger partial charge in [0.25, 0.3) is 0 Å². The zero-order valence-corrected chi connectivity index (χ0v) is 46.1. The fourth-order valence-electron chi connectivity index (χ4n) is 8.74. The van der Waals surface area contributed by atoms with Gasteiger partial charge in [0.15, 0.2) is 6.10 Å². The third-order valence-electron chi connectivity index (χ3n) is 13.3. The van der Waals surface area contributed by atoms with E-state index < -0.39 is 6.10 Å². The summed E-state index contributed by atoms with van der Waals surface area (Å²) in [5.41, 5.74) is 0. The van der Waals surface area contributed by atoms with Gasteiger partial charge in [0.2, 0.25) is 0 Å². The smallest absolute Gasteiger partial charge is 0.306 e. The van der Waals surface area contributed by atoms with E-state index in [0.29, 0.717) is 19.3 Å². The lowest BCUT2D eigenvalue weighted by Crippen LogP contribution is -2.30. The van der Waals surface area contributed by atoms with Crippen LogP contribution in [0.3, 0.4) is 0 Å². The van der Waals surface area contributed by atoms with Crippen LogP contribution in [0.1, 0.15) is 316 Å². The van der Waals surface area contributed by atoms with Crippen LogP contribution in [0.2, 0.25) is 0 Å². The maximum Gasteiger partial charge on any atom is 0.306 e. The SMILES string of the molecule is CCCCCC/C=C\C/C=C\CCCCCCCC(=O)OCC(COC(=O)CCCCCCCCCCCCCCCCCCCCC)OC(=O)CCCCCCC/C=C\C/C=C\CCCCCC. The highest BCUT2D eigenvalue weighted by Gasteiger charge is 2.19. The second-order valence-electron chi connectivity index (χ2n) is 20.3. The standard InChI is InChI=1S/C63H114O6/c1-4-7-10-13-16-19-22-25-28-31-32-33-36-38-41-44-47-50-53-56-62(65)68-59-60(69-63(66)57-54-51-48-45-42-39-35-30-27-24-21-18-15-12-9-6-3)58-67-61(64)55-52-49-46-43-40-37-34-29-26-23-20-17-14-11-8-5-2/h20-21,23-24,29-30,34-35,60H,4-19,22,25-28,31-33,36-59H2,1-3H3/b23-20-,24-21-,34-29-,35-30-. The van der Waals surface area contributed by atoms with Crippen LogP contribution < -0.4 is 0 Å². The van der Waals surface area contributed by atoms with E-state index in [2.05, 4.69) is 69.4 Å². The molecule has 0 saturated carbocycles. The first-order chi connectivity index (χ1) is 34.0. The molecule has 0 bridgehead atoms. The summed E-state index contributed by atoms with van der Waals surface area (Å²) < 4.78 is 16.9. The molecule has 402 valence electrons. The molecule has 0 spiro atoms. The minimum Gasteiger partial charge on any atom is -0.462 e. The van der Waals surface area contributed by atoms with Gasteiger partial charge in [-0.3, -0.25) is 14.4 Å². The zero-order valence-electron chi connectivity index (χ0n) is 46.1. The van der Waals surface area contributed by atoms with Crippen molar-refractivity contribution in [1.82, 2.24) is 0 Å². The second kappa shape index (κ2) is 57.9. The van der Waals surface area contributed by atoms with E-state index >= 15 is 0 Å². The molecular weight excluding hydrogens is 853 g/mol. The van der Waals surface area contributed by atoms with Gasteiger partial charge in [-0.05, 0) is 83.5 Å². The van der Waals surface area contributed by atoms with Crippen molar-refractivity contribution in [3.05, 3.63) is 48.6 Å². The molecule has 0 aromatic rings. The van der Waals surface area contributed by atoms with Crippen molar-refractivity contribution in [1.29, 1.82) is 0 Å². The molecule has 0 aromatic heterocycles. The Morgan fingerprint density at radius 1 is 0.290 bits per heavy atom. The van der Waals surface area contributed by atoms with Gasteiger partial charge in [-0.15, -0.1) is 0 Å². The van der Waals surface area contributed by atoms with E-state index in [0.717, 1.165) is 103 Å². The Bertz CT molecular complexity index is 1200. The summed E-state index contributed by atoms with van der Waals surface area (Å²) in [6.45, 7) is 6.63. The Morgan fingerprint density at radius 2 is 0.522 bits per heavy atom. The average molecular weight is 968 g/mol. The Labute approximate surface area is 428 Å². The first kappa shape index (κ1) is 66.4. The summed E-state index contributed by atoms with van der Waals surface area (Å²) in [4.78, 5) is 38.2. The predicted octanol–water partition coefficient (Wildman–Crippen LogP) is 20.2. The Hall–Kier alpha value is -2.63. The monoisotopic (exact) mass is 967 g/mol. The summed E-state index contributed by atoms with van der Waals surface area (Å²) in [6.07, 6.45) is 71.0. The van der Waals surface area contributed by atoms with Crippen LogP contribution in [0.5, 0.6) is 0 Å². The summed E-state index contributed by atoms with van der Waals surface area (Å²) in [5, 5.41) is 0. The molecule has 0 aromatic carbocycles. The van der Waals surface area contributed by atoms with Crippen molar-refractivity contribution in [2.75, 3.05) is 13.2 Å². The van der Waals surface area contributed by atoms with Gasteiger partial charge < -0.3 is 14.2 Å². The highest BCUT2D eigenvalue weighted by Crippen LogP contribution is 2.16. The van der Waals surface area contributed by atoms with E-state index in [9.17, 15) is 14.4 Å². The number of allylic oxidation sites excluding steroid dienone is 8. The van der Waals surface area contributed by atoms with Crippen LogP contribution in [-0.2, 0) is 28.6 Å². The highest BCUT2D eigenvalue weighted by molar-refractivity contribution is 5.71. The molecule has 0 saturated heterocycles. The molecule has 69 heavy (non-hydrogen) atoms. The highest BCUT2D eigenvalue weighted by atomic mass is 16.6. The lowest BCUT2D eigenvalue weighted by molar-refractivity contribution is -0.167. The van der Waals surface area contributed by atoms with Crippen molar-refractivity contribution in [3.63, 3.8) is 0 Å². The number of carbonyl (C=O) groups is 3. The third-order valence-corrected chi connectivity index (χ3v) is 13.3. The molecule has 6 heteroatoms. The normalized spacial score (nSPS) is 12.3. The Morgan fingerprint density at radius 3 is 0.812 bits per heavy atom. The first-order valence-electron chi connectivity index (χ1n) is 30.1. The Balaban J connectivity index is 4.37. The molecule has 0 heterocycles. The van der Waals surface area contributed by atoms with Gasteiger partial charge in [0.1, 0.15) is 13.2 Å². The summed E-state index contributed by atoms with van der Waals surface area (Å²) in [6, 6.07) is 0. The minimum atomic E-state index is -0.785. The molecule has 0 aliphatic heterocycles. The quantitative estimate of drug-likeness (QED) is 0.0262. The summed E-state index contributed by atoms with van der Waals surface area (Å²) in [7, 11) is 0. The molecule has 0 rings (SSSR count). The largest absolute Gasteiger partial charge is 0.462 e. The van der Waals surface area contributed by atoms with Gasteiger partial charge in [0, 0.05) is 19.3 Å². The van der Waals surface area contributed by atoms with E-state index in [1.807, 2.05) is 0 Å². The van der Waals surface area contributed by atoms with Gasteiger partial charge in [-0.1, -0.05) is 262 Å². The zero-order chi connectivity index (χ0) is 50.0. The fraction of sp³-hybridized carbons (Fsp3) is 0.825. The topological polar surface area (TPSA) is 78.9 Å². The molecule has 0 amide bonds. The van der Waals surface area contributed by atoms with Crippen LogP contribution in [0, 0.1) is 0 Å². The molecule has 1 unspecified atom stereocenters. The first-order valence-corrected chi connectivity index (χ1v) is 30.1. The summed E-state index contributed by atoms with van der Waals surface area (Å²) in [5.74, 6) is -0.891. The molecule has 0 N–H and O–H groups in total. The van der Waals surface area contributed by atoms with Gasteiger partial charge >= 0.3 is 17.9 Å². The van der Waals surface area contributed by atoms with Crippen LogP contribution in [0.4, 0.5) is 0 Å². The molecule has 0 aliphatic rings. The van der Waals surface area contributed by atoms with Gasteiger partial charge in [-0.25, -0.2) is 0 Å².